The lowest BCUT2D eigenvalue weighted by Crippen LogP contribution is -2.30. The van der Waals surface area contributed by atoms with E-state index in [-0.39, 0.29) is 11.5 Å². The predicted octanol–water partition coefficient (Wildman–Crippen LogP) is 4.04. The lowest BCUT2D eigenvalue weighted by molar-refractivity contribution is 0.0992. The summed E-state index contributed by atoms with van der Waals surface area (Å²) in [7, 11) is 3.52. The topological polar surface area (TPSA) is 73.0 Å². The summed E-state index contributed by atoms with van der Waals surface area (Å²) in [4.78, 5) is 27.5. The first-order valence-corrected chi connectivity index (χ1v) is 10.6. The Hall–Kier alpha value is -4.52. The van der Waals surface area contributed by atoms with Crippen LogP contribution in [0.25, 0.3) is 39.1 Å². The zero-order valence-corrected chi connectivity index (χ0v) is 18.1. The molecule has 0 spiro atoms. The van der Waals surface area contributed by atoms with Gasteiger partial charge in [-0.1, -0.05) is 47.7 Å². The highest BCUT2D eigenvalue weighted by Crippen LogP contribution is 2.43. The van der Waals surface area contributed by atoms with Crippen LogP contribution < -0.4 is 10.5 Å². The average Bonchev–Trinajstić information content (AvgIpc) is 3.29. The number of benzene rings is 3. The first-order chi connectivity index (χ1) is 16.1. The number of pyridine rings is 1. The van der Waals surface area contributed by atoms with Gasteiger partial charge in [-0.05, 0) is 30.3 Å². The van der Waals surface area contributed by atoms with Gasteiger partial charge in [0, 0.05) is 36.7 Å². The molecule has 2 aromatic heterocycles. The predicted molar refractivity (Wildman–Crippen MR) is 128 cm³/mol. The molecule has 7 nitrogen and oxygen atoms in total. The number of hydrogen-bond donors (Lipinski definition) is 0. The number of hydrogen-bond acceptors (Lipinski definition) is 4. The van der Waals surface area contributed by atoms with Crippen molar-refractivity contribution >= 4 is 22.5 Å². The Morgan fingerprint density at radius 3 is 2.33 bits per heavy atom. The minimum Gasteiger partial charge on any atom is -0.311 e. The van der Waals surface area contributed by atoms with Gasteiger partial charge in [-0.3, -0.25) is 9.59 Å². The maximum atomic E-state index is 13.5. The molecule has 1 amide bonds. The number of nitrogens with zero attached hydrogens (tertiary/aromatic N) is 5. The SMILES string of the molecule is CN1C(=O)c2ccccc2-n2nnc(-c3ccccc3)c2-c2c1ccc1c2ccc(=O)n1C. The molecule has 0 atom stereocenters. The quantitative estimate of drug-likeness (QED) is 0.400. The molecule has 6 rings (SSSR count). The third-order valence-corrected chi connectivity index (χ3v) is 6.27. The normalized spacial score (nSPS) is 12.7. The molecule has 0 saturated heterocycles. The Morgan fingerprint density at radius 2 is 1.52 bits per heavy atom. The van der Waals surface area contributed by atoms with E-state index in [9.17, 15) is 9.59 Å². The van der Waals surface area contributed by atoms with Gasteiger partial charge in [0.15, 0.2) is 0 Å². The van der Waals surface area contributed by atoms with Gasteiger partial charge >= 0.3 is 0 Å². The van der Waals surface area contributed by atoms with Crippen molar-refractivity contribution in [3.8, 4) is 28.2 Å². The number of rotatable bonds is 1. The highest BCUT2D eigenvalue weighted by atomic mass is 16.2. The molecule has 0 N–H and O–H groups in total. The van der Waals surface area contributed by atoms with E-state index >= 15 is 0 Å². The summed E-state index contributed by atoms with van der Waals surface area (Å²) in [5, 5.41) is 9.91. The Morgan fingerprint density at radius 1 is 0.758 bits per heavy atom. The van der Waals surface area contributed by atoms with Crippen LogP contribution in [0.3, 0.4) is 0 Å². The van der Waals surface area contributed by atoms with Crippen molar-refractivity contribution in [1.82, 2.24) is 19.6 Å². The first-order valence-electron chi connectivity index (χ1n) is 10.6. The van der Waals surface area contributed by atoms with Crippen molar-refractivity contribution in [2.75, 3.05) is 11.9 Å². The summed E-state index contributed by atoms with van der Waals surface area (Å²) >= 11 is 0. The van der Waals surface area contributed by atoms with E-state index in [2.05, 4.69) is 10.3 Å². The minimum absolute atomic E-state index is 0.0991. The molecular weight excluding hydrogens is 414 g/mol. The van der Waals surface area contributed by atoms with Crippen LogP contribution in [-0.4, -0.2) is 32.5 Å². The van der Waals surface area contributed by atoms with Gasteiger partial charge in [0.25, 0.3) is 11.5 Å². The summed E-state index contributed by atoms with van der Waals surface area (Å²) in [6.45, 7) is 0. The molecule has 5 aromatic rings. The number of amides is 1. The molecule has 1 aliphatic heterocycles. The van der Waals surface area contributed by atoms with Crippen LogP contribution in [0.15, 0.2) is 83.7 Å². The Labute approximate surface area is 189 Å². The highest BCUT2D eigenvalue weighted by Gasteiger charge is 2.31. The largest absolute Gasteiger partial charge is 0.311 e. The van der Waals surface area contributed by atoms with Crippen molar-refractivity contribution in [1.29, 1.82) is 0 Å². The molecule has 160 valence electrons. The van der Waals surface area contributed by atoms with Gasteiger partial charge in [-0.2, -0.15) is 0 Å². The third kappa shape index (κ3) is 2.69. The molecule has 1 aliphatic rings. The van der Waals surface area contributed by atoms with E-state index in [1.807, 2.05) is 66.7 Å². The molecule has 33 heavy (non-hydrogen) atoms. The lowest BCUT2D eigenvalue weighted by atomic mass is 9.96. The molecule has 0 saturated carbocycles. The van der Waals surface area contributed by atoms with Crippen molar-refractivity contribution in [3.05, 3.63) is 94.8 Å². The fraction of sp³-hybridized carbons (Fsp3) is 0.0769. The minimum atomic E-state index is -0.140. The van der Waals surface area contributed by atoms with E-state index in [0.29, 0.717) is 16.9 Å². The van der Waals surface area contributed by atoms with E-state index in [0.717, 1.165) is 33.4 Å². The van der Waals surface area contributed by atoms with Gasteiger partial charge < -0.3 is 9.47 Å². The monoisotopic (exact) mass is 433 g/mol. The molecular formula is C26H19N5O2. The van der Waals surface area contributed by atoms with Crippen molar-refractivity contribution in [3.63, 3.8) is 0 Å². The van der Waals surface area contributed by atoms with Gasteiger partial charge in [0.1, 0.15) is 11.4 Å². The summed E-state index contributed by atoms with van der Waals surface area (Å²) in [6.07, 6.45) is 0. The summed E-state index contributed by atoms with van der Waals surface area (Å²) < 4.78 is 3.35. The summed E-state index contributed by atoms with van der Waals surface area (Å²) in [6, 6.07) is 24.4. The van der Waals surface area contributed by atoms with Crippen LogP contribution in [-0.2, 0) is 7.05 Å². The van der Waals surface area contributed by atoms with Gasteiger partial charge in [0.2, 0.25) is 0 Å². The molecule has 7 heteroatoms. The number of aromatic nitrogens is 4. The second kappa shape index (κ2) is 7.00. The number of fused-ring (bicyclic) bond motifs is 7. The Bertz CT molecular complexity index is 1630. The maximum absolute atomic E-state index is 13.5. The van der Waals surface area contributed by atoms with E-state index in [4.69, 9.17) is 0 Å². The van der Waals surface area contributed by atoms with Gasteiger partial charge in [-0.25, -0.2) is 4.68 Å². The summed E-state index contributed by atoms with van der Waals surface area (Å²) in [5.41, 5.74) is 5.78. The summed E-state index contributed by atoms with van der Waals surface area (Å²) in [5.74, 6) is -0.140. The van der Waals surface area contributed by atoms with E-state index in [1.165, 1.54) is 0 Å². The number of aryl methyl sites for hydroxylation is 1. The van der Waals surface area contributed by atoms with Crippen molar-refractivity contribution in [2.45, 2.75) is 0 Å². The van der Waals surface area contributed by atoms with E-state index < -0.39 is 0 Å². The second-order valence-corrected chi connectivity index (χ2v) is 8.07. The fourth-order valence-electron chi connectivity index (χ4n) is 4.57. The van der Waals surface area contributed by atoms with Gasteiger partial charge in [-0.15, -0.1) is 5.10 Å². The number of carbonyl (C=O) groups excluding carboxylic acids is 1. The standard InChI is InChI=1S/C26H19N5O2/c1-29-19-13-14-21-23(17(19)12-15-22(29)32)25-24(16-8-4-3-5-9-16)27-28-31(25)20-11-7-6-10-18(20)26(33)30(21)2/h3-15H,1-2H3. The molecule has 0 aliphatic carbocycles. The molecule has 0 radical (unpaired) electrons. The maximum Gasteiger partial charge on any atom is 0.260 e. The van der Waals surface area contributed by atoms with Crippen LogP contribution in [0.1, 0.15) is 10.4 Å². The fourth-order valence-corrected chi connectivity index (χ4v) is 4.57. The zero-order valence-electron chi connectivity index (χ0n) is 18.1. The first kappa shape index (κ1) is 19.2. The molecule has 0 bridgehead atoms. The molecule has 3 heterocycles. The number of carbonyl (C=O) groups is 1. The second-order valence-electron chi connectivity index (χ2n) is 8.07. The van der Waals surface area contributed by atoms with Gasteiger partial charge in [0.05, 0.1) is 22.5 Å². The Balaban J connectivity index is 1.84. The highest BCUT2D eigenvalue weighted by molar-refractivity contribution is 6.15. The van der Waals surface area contributed by atoms with Crippen molar-refractivity contribution < 1.29 is 4.79 Å². The van der Waals surface area contributed by atoms with Crippen molar-refractivity contribution in [2.24, 2.45) is 7.05 Å². The van der Waals surface area contributed by atoms with E-state index in [1.54, 1.807) is 40.4 Å². The van der Waals surface area contributed by atoms with Crippen LogP contribution in [0.5, 0.6) is 0 Å². The Kier molecular flexibility index (Phi) is 4.07. The molecule has 0 fully saturated rings. The van der Waals surface area contributed by atoms with Crippen LogP contribution in [0, 0.1) is 0 Å². The number of para-hydroxylation sites is 1. The van der Waals surface area contributed by atoms with Crippen LogP contribution >= 0.6 is 0 Å². The average molecular weight is 433 g/mol. The van der Waals surface area contributed by atoms with Crippen LogP contribution in [0.2, 0.25) is 0 Å². The number of anilines is 1. The lowest BCUT2D eigenvalue weighted by Gasteiger charge is -2.27. The molecule has 0 unspecified atom stereocenters. The zero-order chi connectivity index (χ0) is 22.7. The third-order valence-electron chi connectivity index (χ3n) is 6.27. The smallest absolute Gasteiger partial charge is 0.260 e. The van der Waals surface area contributed by atoms with Crippen LogP contribution in [0.4, 0.5) is 5.69 Å². The molecule has 3 aromatic carbocycles.